The highest BCUT2D eigenvalue weighted by atomic mass is 127. The average Bonchev–Trinajstić information content (AvgIpc) is 2.75. The van der Waals surface area contributed by atoms with Crippen LogP contribution in [0.2, 0.25) is 0 Å². The molecular weight excluding hydrogens is 482 g/mol. The molecule has 158 valence electrons. The fourth-order valence-corrected chi connectivity index (χ4v) is 3.33. The first-order valence-corrected chi connectivity index (χ1v) is 9.82. The third kappa shape index (κ3) is 7.43. The molecule has 3 rings (SSSR count). The van der Waals surface area contributed by atoms with Crippen LogP contribution in [0.15, 0.2) is 53.7 Å². The fourth-order valence-electron chi connectivity index (χ4n) is 3.33. The van der Waals surface area contributed by atoms with Crippen molar-refractivity contribution in [1.29, 1.82) is 0 Å². The van der Waals surface area contributed by atoms with Gasteiger partial charge in [-0.3, -0.25) is 14.9 Å². The Balaban J connectivity index is 0.00000300. The third-order valence-electron chi connectivity index (χ3n) is 4.90. The summed E-state index contributed by atoms with van der Waals surface area (Å²) in [5.74, 6) is 0.653. The standard InChI is InChI=1S/C21H29FN6.HI/c1-23-21(26-17-18-7-4-5-10-24-18)25-11-6-12-27-13-15-28(16-14-27)20-9-3-2-8-19(20)22;/h2-5,7-10H,6,11-17H2,1H3,(H2,23,25,26);1H. The molecule has 6 nitrogen and oxygen atoms in total. The maximum atomic E-state index is 13.9. The van der Waals surface area contributed by atoms with Crippen LogP contribution in [0, 0.1) is 5.82 Å². The van der Waals surface area contributed by atoms with Gasteiger partial charge >= 0.3 is 0 Å². The summed E-state index contributed by atoms with van der Waals surface area (Å²) in [5, 5.41) is 6.62. The summed E-state index contributed by atoms with van der Waals surface area (Å²) >= 11 is 0. The van der Waals surface area contributed by atoms with Crippen molar-refractivity contribution < 1.29 is 4.39 Å². The molecule has 1 aliphatic rings. The topological polar surface area (TPSA) is 55.8 Å². The van der Waals surface area contributed by atoms with Crippen LogP contribution in [0.25, 0.3) is 0 Å². The van der Waals surface area contributed by atoms with E-state index < -0.39 is 0 Å². The van der Waals surface area contributed by atoms with E-state index in [-0.39, 0.29) is 29.8 Å². The number of piperazine rings is 1. The number of guanidine groups is 1. The summed E-state index contributed by atoms with van der Waals surface area (Å²) in [6.07, 6.45) is 2.82. The second-order valence-electron chi connectivity index (χ2n) is 6.81. The van der Waals surface area contributed by atoms with Crippen molar-refractivity contribution in [2.75, 3.05) is 51.2 Å². The lowest BCUT2D eigenvalue weighted by atomic mass is 10.2. The molecule has 8 heteroatoms. The molecular formula is C21H30FIN6. The van der Waals surface area contributed by atoms with Gasteiger partial charge in [-0.1, -0.05) is 18.2 Å². The lowest BCUT2D eigenvalue weighted by Gasteiger charge is -2.36. The molecule has 0 radical (unpaired) electrons. The summed E-state index contributed by atoms with van der Waals surface area (Å²) < 4.78 is 13.9. The van der Waals surface area contributed by atoms with E-state index in [0.717, 1.165) is 57.3 Å². The van der Waals surface area contributed by atoms with E-state index in [0.29, 0.717) is 12.2 Å². The van der Waals surface area contributed by atoms with Crippen LogP contribution in [0.1, 0.15) is 12.1 Å². The van der Waals surface area contributed by atoms with E-state index in [2.05, 4.69) is 30.4 Å². The van der Waals surface area contributed by atoms with Gasteiger partial charge in [-0.05, 0) is 37.2 Å². The summed E-state index contributed by atoms with van der Waals surface area (Å²) in [6.45, 7) is 6.18. The Hall–Kier alpha value is -1.94. The van der Waals surface area contributed by atoms with Gasteiger partial charge in [0.2, 0.25) is 0 Å². The highest BCUT2D eigenvalue weighted by Gasteiger charge is 2.18. The highest BCUT2D eigenvalue weighted by Crippen LogP contribution is 2.20. The van der Waals surface area contributed by atoms with Crippen LogP contribution in [-0.2, 0) is 6.54 Å². The Kier molecular flexibility index (Phi) is 10.1. The molecule has 1 aromatic carbocycles. The number of aromatic nitrogens is 1. The number of rotatable bonds is 7. The average molecular weight is 512 g/mol. The monoisotopic (exact) mass is 512 g/mol. The Morgan fingerprint density at radius 2 is 1.83 bits per heavy atom. The quantitative estimate of drug-likeness (QED) is 0.259. The minimum absolute atomic E-state index is 0. The Morgan fingerprint density at radius 3 is 2.52 bits per heavy atom. The molecule has 1 aromatic heterocycles. The Morgan fingerprint density at radius 1 is 1.07 bits per heavy atom. The minimum atomic E-state index is -0.135. The fraction of sp³-hybridized carbons (Fsp3) is 0.429. The molecule has 0 saturated carbocycles. The Labute approximate surface area is 189 Å². The number of aliphatic imine (C=N–C) groups is 1. The van der Waals surface area contributed by atoms with Crippen LogP contribution in [0.3, 0.4) is 0 Å². The van der Waals surface area contributed by atoms with Gasteiger partial charge in [-0.15, -0.1) is 24.0 Å². The molecule has 0 atom stereocenters. The van der Waals surface area contributed by atoms with Crippen molar-refractivity contribution in [3.05, 3.63) is 60.2 Å². The molecule has 2 heterocycles. The largest absolute Gasteiger partial charge is 0.367 e. The zero-order valence-corrected chi connectivity index (χ0v) is 19.2. The zero-order valence-electron chi connectivity index (χ0n) is 16.9. The lowest BCUT2D eigenvalue weighted by molar-refractivity contribution is 0.254. The Bertz CT molecular complexity index is 750. The van der Waals surface area contributed by atoms with Gasteiger partial charge < -0.3 is 15.5 Å². The third-order valence-corrected chi connectivity index (χ3v) is 4.90. The van der Waals surface area contributed by atoms with Crippen LogP contribution in [0.4, 0.5) is 10.1 Å². The molecule has 0 spiro atoms. The van der Waals surface area contributed by atoms with Crippen LogP contribution < -0.4 is 15.5 Å². The van der Waals surface area contributed by atoms with E-state index >= 15 is 0 Å². The second-order valence-corrected chi connectivity index (χ2v) is 6.81. The molecule has 0 aliphatic carbocycles. The van der Waals surface area contributed by atoms with Gasteiger partial charge in [0.05, 0.1) is 17.9 Å². The molecule has 2 aromatic rings. The predicted octanol–water partition coefficient (Wildman–Crippen LogP) is 2.72. The maximum absolute atomic E-state index is 13.9. The van der Waals surface area contributed by atoms with Crippen molar-refractivity contribution in [3.8, 4) is 0 Å². The molecule has 29 heavy (non-hydrogen) atoms. The van der Waals surface area contributed by atoms with Gasteiger partial charge in [0.25, 0.3) is 0 Å². The van der Waals surface area contributed by atoms with Crippen LogP contribution in [-0.4, -0.2) is 62.2 Å². The molecule has 1 saturated heterocycles. The summed E-state index contributed by atoms with van der Waals surface area (Å²) in [7, 11) is 1.77. The number of hydrogen-bond acceptors (Lipinski definition) is 4. The van der Waals surface area contributed by atoms with E-state index in [4.69, 9.17) is 0 Å². The molecule has 0 unspecified atom stereocenters. The lowest BCUT2D eigenvalue weighted by Crippen LogP contribution is -2.47. The maximum Gasteiger partial charge on any atom is 0.191 e. The molecule has 0 bridgehead atoms. The van der Waals surface area contributed by atoms with Crippen LogP contribution in [0.5, 0.6) is 0 Å². The van der Waals surface area contributed by atoms with Gasteiger partial charge in [-0.25, -0.2) is 4.39 Å². The van der Waals surface area contributed by atoms with Crippen molar-refractivity contribution >= 4 is 35.6 Å². The van der Waals surface area contributed by atoms with Gasteiger partial charge in [0, 0.05) is 46.0 Å². The predicted molar refractivity (Wildman–Crippen MR) is 128 cm³/mol. The number of para-hydroxylation sites is 1. The number of nitrogens with one attached hydrogen (secondary N) is 2. The van der Waals surface area contributed by atoms with E-state index in [1.165, 1.54) is 6.07 Å². The normalized spacial score (nSPS) is 15.0. The van der Waals surface area contributed by atoms with Gasteiger partial charge in [0.15, 0.2) is 5.96 Å². The number of anilines is 1. The first kappa shape index (κ1) is 23.3. The highest BCUT2D eigenvalue weighted by molar-refractivity contribution is 14.0. The van der Waals surface area contributed by atoms with E-state index in [9.17, 15) is 4.39 Å². The minimum Gasteiger partial charge on any atom is -0.367 e. The SMILES string of the molecule is CN=C(NCCCN1CCN(c2ccccc2F)CC1)NCc1ccccn1.I. The van der Waals surface area contributed by atoms with Crippen LogP contribution >= 0.6 is 24.0 Å². The van der Waals surface area contributed by atoms with Crippen molar-refractivity contribution in [3.63, 3.8) is 0 Å². The molecule has 1 fully saturated rings. The second kappa shape index (κ2) is 12.6. The number of benzene rings is 1. The first-order valence-electron chi connectivity index (χ1n) is 9.82. The number of halogens is 2. The first-order chi connectivity index (χ1) is 13.8. The summed E-state index contributed by atoms with van der Waals surface area (Å²) in [4.78, 5) is 13.1. The number of hydrogen-bond donors (Lipinski definition) is 2. The van der Waals surface area contributed by atoms with Crippen molar-refractivity contribution in [2.45, 2.75) is 13.0 Å². The smallest absolute Gasteiger partial charge is 0.191 e. The summed E-state index contributed by atoms with van der Waals surface area (Å²) in [6, 6.07) is 12.9. The van der Waals surface area contributed by atoms with Gasteiger partial charge in [-0.2, -0.15) is 0 Å². The molecule has 1 aliphatic heterocycles. The van der Waals surface area contributed by atoms with Crippen molar-refractivity contribution in [2.24, 2.45) is 4.99 Å². The number of pyridine rings is 1. The molecule has 0 amide bonds. The van der Waals surface area contributed by atoms with Crippen molar-refractivity contribution in [1.82, 2.24) is 20.5 Å². The zero-order chi connectivity index (χ0) is 19.6. The van der Waals surface area contributed by atoms with Gasteiger partial charge in [0.1, 0.15) is 5.82 Å². The molecule has 2 N–H and O–H groups in total. The number of nitrogens with zero attached hydrogens (tertiary/aromatic N) is 4. The van der Waals surface area contributed by atoms with E-state index in [1.807, 2.05) is 30.3 Å². The summed E-state index contributed by atoms with van der Waals surface area (Å²) in [5.41, 5.74) is 1.70. The van der Waals surface area contributed by atoms with E-state index in [1.54, 1.807) is 19.3 Å².